The summed E-state index contributed by atoms with van der Waals surface area (Å²) < 4.78 is 48.2. The van der Waals surface area contributed by atoms with E-state index in [2.05, 4.69) is 5.32 Å². The van der Waals surface area contributed by atoms with E-state index in [4.69, 9.17) is 9.47 Å². The van der Waals surface area contributed by atoms with Crippen molar-refractivity contribution in [1.29, 1.82) is 0 Å². The van der Waals surface area contributed by atoms with Crippen molar-refractivity contribution in [3.63, 3.8) is 0 Å². The Balaban J connectivity index is 2.03. The molecule has 1 unspecified atom stereocenters. The van der Waals surface area contributed by atoms with Crippen LogP contribution >= 0.6 is 0 Å². The average Bonchev–Trinajstić information content (AvgIpc) is 2.60. The van der Waals surface area contributed by atoms with Crippen LogP contribution in [0.3, 0.4) is 0 Å². The number of hydrogen-bond donors (Lipinski definition) is 1. The van der Waals surface area contributed by atoms with Gasteiger partial charge in [0.15, 0.2) is 0 Å². The third-order valence-electron chi connectivity index (χ3n) is 3.96. The summed E-state index contributed by atoms with van der Waals surface area (Å²) in [4.78, 5) is 12.2. The zero-order valence-corrected chi connectivity index (χ0v) is 14.7. The van der Waals surface area contributed by atoms with Gasteiger partial charge in [0, 0.05) is 18.2 Å². The third-order valence-corrected chi connectivity index (χ3v) is 3.96. The monoisotopic (exact) mass is 367 g/mol. The molecule has 0 spiro atoms. The summed E-state index contributed by atoms with van der Waals surface area (Å²) in [6.45, 7) is 1.87. The van der Waals surface area contributed by atoms with E-state index >= 15 is 0 Å². The number of halogens is 3. The Kier molecular flexibility index (Phi) is 6.13. The van der Waals surface area contributed by atoms with Crippen molar-refractivity contribution in [2.45, 2.75) is 25.4 Å². The van der Waals surface area contributed by atoms with Crippen molar-refractivity contribution >= 4 is 11.6 Å². The van der Waals surface area contributed by atoms with Gasteiger partial charge in [-0.1, -0.05) is 13.0 Å². The van der Waals surface area contributed by atoms with E-state index < -0.39 is 11.7 Å². The topological polar surface area (TPSA) is 47.6 Å². The van der Waals surface area contributed by atoms with Gasteiger partial charge in [0.1, 0.15) is 11.5 Å². The van der Waals surface area contributed by atoms with Gasteiger partial charge in [-0.05, 0) is 41.8 Å². The molecule has 0 aromatic heterocycles. The van der Waals surface area contributed by atoms with Gasteiger partial charge < -0.3 is 14.8 Å². The highest BCUT2D eigenvalue weighted by Gasteiger charge is 2.30. The van der Waals surface area contributed by atoms with E-state index in [0.29, 0.717) is 17.2 Å². The molecule has 0 bridgehead atoms. The SMILES string of the molecule is COc1ccc(C(C)CC(=O)Nc2ccc(C(F)(F)F)cc2)c(OC)c1. The number of nitrogens with one attached hydrogen (secondary N) is 1. The number of ether oxygens (including phenoxy) is 2. The third kappa shape index (κ3) is 4.91. The number of benzene rings is 2. The molecule has 0 fully saturated rings. The highest BCUT2D eigenvalue weighted by Crippen LogP contribution is 2.33. The molecule has 0 saturated carbocycles. The normalized spacial score (nSPS) is 12.4. The molecule has 0 aliphatic rings. The molecule has 4 nitrogen and oxygen atoms in total. The summed E-state index contributed by atoms with van der Waals surface area (Å²) in [6.07, 6.45) is -4.24. The zero-order valence-electron chi connectivity index (χ0n) is 14.7. The molecule has 0 aliphatic heterocycles. The standard InChI is InChI=1S/C19H20F3NO3/c1-12(16-9-8-15(25-2)11-17(16)26-3)10-18(24)23-14-6-4-13(5-7-14)19(20,21)22/h4-9,11-12H,10H2,1-3H3,(H,23,24). The van der Waals surface area contributed by atoms with Crippen LogP contribution in [0.1, 0.15) is 30.4 Å². The van der Waals surface area contributed by atoms with Crippen LogP contribution in [0.15, 0.2) is 42.5 Å². The molecular formula is C19H20F3NO3. The Labute approximate surface area is 149 Å². The van der Waals surface area contributed by atoms with Crippen LogP contribution in [-0.4, -0.2) is 20.1 Å². The van der Waals surface area contributed by atoms with E-state index in [1.54, 1.807) is 19.2 Å². The van der Waals surface area contributed by atoms with Crippen molar-refractivity contribution in [3.8, 4) is 11.5 Å². The van der Waals surface area contributed by atoms with E-state index in [1.165, 1.54) is 19.2 Å². The molecule has 0 heterocycles. The molecule has 2 aromatic rings. The Morgan fingerprint density at radius 2 is 1.73 bits per heavy atom. The van der Waals surface area contributed by atoms with Gasteiger partial charge in [-0.3, -0.25) is 4.79 Å². The minimum absolute atomic E-state index is 0.148. The van der Waals surface area contributed by atoms with Crippen molar-refractivity contribution in [3.05, 3.63) is 53.6 Å². The minimum Gasteiger partial charge on any atom is -0.497 e. The fourth-order valence-corrected chi connectivity index (χ4v) is 2.57. The lowest BCUT2D eigenvalue weighted by Gasteiger charge is -2.16. The second-order valence-electron chi connectivity index (χ2n) is 5.84. The highest BCUT2D eigenvalue weighted by molar-refractivity contribution is 5.91. The number of carbonyl (C=O) groups excluding carboxylic acids is 1. The van der Waals surface area contributed by atoms with E-state index in [1.807, 2.05) is 13.0 Å². The van der Waals surface area contributed by atoms with Gasteiger partial charge in [0.05, 0.1) is 19.8 Å². The number of methoxy groups -OCH3 is 2. The van der Waals surface area contributed by atoms with Crippen LogP contribution in [0.4, 0.5) is 18.9 Å². The number of hydrogen-bond acceptors (Lipinski definition) is 3. The predicted molar refractivity (Wildman–Crippen MR) is 92.7 cm³/mol. The van der Waals surface area contributed by atoms with Crippen LogP contribution in [0.25, 0.3) is 0 Å². The Hall–Kier alpha value is -2.70. The van der Waals surface area contributed by atoms with Crippen LogP contribution in [0.5, 0.6) is 11.5 Å². The maximum Gasteiger partial charge on any atom is 0.416 e. The quantitative estimate of drug-likeness (QED) is 0.794. The lowest BCUT2D eigenvalue weighted by Crippen LogP contribution is -2.15. The maximum absolute atomic E-state index is 12.6. The number of carbonyl (C=O) groups is 1. The minimum atomic E-state index is -4.40. The highest BCUT2D eigenvalue weighted by atomic mass is 19.4. The largest absolute Gasteiger partial charge is 0.497 e. The molecule has 140 valence electrons. The maximum atomic E-state index is 12.6. The molecule has 1 N–H and O–H groups in total. The Morgan fingerprint density at radius 3 is 2.27 bits per heavy atom. The van der Waals surface area contributed by atoms with Gasteiger partial charge in [-0.2, -0.15) is 13.2 Å². The molecule has 2 aromatic carbocycles. The molecule has 0 saturated heterocycles. The molecular weight excluding hydrogens is 347 g/mol. The summed E-state index contributed by atoms with van der Waals surface area (Å²) in [5, 5.41) is 2.61. The van der Waals surface area contributed by atoms with E-state index in [-0.39, 0.29) is 18.2 Å². The summed E-state index contributed by atoms with van der Waals surface area (Å²) in [5.74, 6) is 0.812. The number of anilines is 1. The fourth-order valence-electron chi connectivity index (χ4n) is 2.57. The molecule has 0 aliphatic carbocycles. The van der Waals surface area contributed by atoms with Crippen molar-refractivity contribution in [2.24, 2.45) is 0 Å². The Bertz CT molecular complexity index is 758. The van der Waals surface area contributed by atoms with E-state index in [9.17, 15) is 18.0 Å². The average molecular weight is 367 g/mol. The van der Waals surface area contributed by atoms with Gasteiger partial charge in [0.25, 0.3) is 0 Å². The van der Waals surface area contributed by atoms with Gasteiger partial charge >= 0.3 is 6.18 Å². The van der Waals surface area contributed by atoms with Gasteiger partial charge in [-0.15, -0.1) is 0 Å². The number of amides is 1. The smallest absolute Gasteiger partial charge is 0.416 e. The molecule has 0 radical (unpaired) electrons. The lowest BCUT2D eigenvalue weighted by atomic mass is 9.96. The molecule has 7 heteroatoms. The first-order valence-electron chi connectivity index (χ1n) is 7.93. The summed E-state index contributed by atoms with van der Waals surface area (Å²) in [7, 11) is 3.09. The van der Waals surface area contributed by atoms with Crippen LogP contribution in [-0.2, 0) is 11.0 Å². The molecule has 1 amide bonds. The number of rotatable bonds is 6. The lowest BCUT2D eigenvalue weighted by molar-refractivity contribution is -0.137. The zero-order chi connectivity index (χ0) is 19.3. The van der Waals surface area contributed by atoms with Crippen molar-refractivity contribution in [2.75, 3.05) is 19.5 Å². The van der Waals surface area contributed by atoms with Gasteiger partial charge in [-0.25, -0.2) is 0 Å². The van der Waals surface area contributed by atoms with Crippen LogP contribution < -0.4 is 14.8 Å². The van der Waals surface area contributed by atoms with Crippen LogP contribution in [0.2, 0.25) is 0 Å². The Morgan fingerprint density at radius 1 is 1.08 bits per heavy atom. The summed E-state index contributed by atoms with van der Waals surface area (Å²) >= 11 is 0. The first kappa shape index (κ1) is 19.6. The fraction of sp³-hybridized carbons (Fsp3) is 0.316. The summed E-state index contributed by atoms with van der Waals surface area (Å²) in [5.41, 5.74) is 0.402. The number of alkyl halides is 3. The van der Waals surface area contributed by atoms with Crippen LogP contribution in [0, 0.1) is 0 Å². The second kappa shape index (κ2) is 8.12. The predicted octanol–water partition coefficient (Wildman–Crippen LogP) is 4.85. The first-order valence-corrected chi connectivity index (χ1v) is 7.93. The van der Waals surface area contributed by atoms with Gasteiger partial charge in [0.2, 0.25) is 5.91 Å². The molecule has 1 atom stereocenters. The summed E-state index contributed by atoms with van der Waals surface area (Å²) in [6, 6.07) is 9.69. The van der Waals surface area contributed by atoms with E-state index in [0.717, 1.165) is 17.7 Å². The molecule has 26 heavy (non-hydrogen) atoms. The van der Waals surface area contributed by atoms with Crippen molar-refractivity contribution in [1.82, 2.24) is 0 Å². The second-order valence-corrected chi connectivity index (χ2v) is 5.84. The molecule has 2 rings (SSSR count). The first-order chi connectivity index (χ1) is 12.2. The van der Waals surface area contributed by atoms with Crippen molar-refractivity contribution < 1.29 is 27.4 Å².